The van der Waals surface area contributed by atoms with Gasteiger partial charge >= 0.3 is 0 Å². The van der Waals surface area contributed by atoms with Crippen molar-refractivity contribution < 1.29 is 4.79 Å². The minimum Gasteiger partial charge on any atom is -0.355 e. The minimum atomic E-state index is 0.128. The third-order valence-corrected chi connectivity index (χ3v) is 3.05. The first-order valence-corrected chi connectivity index (χ1v) is 6.11. The van der Waals surface area contributed by atoms with Crippen molar-refractivity contribution in [2.45, 2.75) is 25.8 Å². The van der Waals surface area contributed by atoms with Gasteiger partial charge in [-0.3, -0.25) is 4.79 Å². The maximum Gasteiger partial charge on any atom is 0.220 e. The number of thiophene rings is 1. The van der Waals surface area contributed by atoms with E-state index >= 15 is 0 Å². The van der Waals surface area contributed by atoms with Gasteiger partial charge in [0, 0.05) is 19.0 Å². The number of hydrogen-bond donors (Lipinski definition) is 2. The first-order chi connectivity index (χ1) is 7.22. The van der Waals surface area contributed by atoms with Crippen LogP contribution in [0.5, 0.6) is 0 Å². The molecule has 15 heavy (non-hydrogen) atoms. The highest BCUT2D eigenvalue weighted by atomic mass is 32.1. The van der Waals surface area contributed by atoms with E-state index in [-0.39, 0.29) is 5.91 Å². The van der Waals surface area contributed by atoms with Crippen LogP contribution in [0.3, 0.4) is 0 Å². The molecule has 1 unspecified atom stereocenters. The number of likely N-dealkylation sites (N-methyl/N-ethyl adjacent to an activating group) is 1. The summed E-state index contributed by atoms with van der Waals surface area (Å²) >= 11 is 1.67. The molecule has 1 atom stereocenters. The number of amides is 1. The van der Waals surface area contributed by atoms with Crippen LogP contribution in [-0.4, -0.2) is 25.5 Å². The SMILES string of the molecule is CNC(C)CNC(=O)CCc1ccsc1. The van der Waals surface area contributed by atoms with Gasteiger partial charge in [0.2, 0.25) is 5.91 Å². The van der Waals surface area contributed by atoms with E-state index in [1.807, 2.05) is 19.4 Å². The molecular formula is C11H18N2OS. The Morgan fingerprint density at radius 2 is 2.40 bits per heavy atom. The number of hydrogen-bond acceptors (Lipinski definition) is 3. The van der Waals surface area contributed by atoms with Crippen molar-refractivity contribution >= 4 is 17.2 Å². The van der Waals surface area contributed by atoms with Crippen LogP contribution in [0.2, 0.25) is 0 Å². The third-order valence-electron chi connectivity index (χ3n) is 2.32. The average Bonchev–Trinajstić information content (AvgIpc) is 2.75. The number of carbonyl (C=O) groups excluding carboxylic acids is 1. The molecule has 1 rings (SSSR count). The summed E-state index contributed by atoms with van der Waals surface area (Å²) in [7, 11) is 1.89. The molecule has 0 aliphatic carbocycles. The Bertz CT molecular complexity index is 285. The number of nitrogens with one attached hydrogen (secondary N) is 2. The van der Waals surface area contributed by atoms with Gasteiger partial charge in [0.05, 0.1) is 0 Å². The van der Waals surface area contributed by atoms with Crippen molar-refractivity contribution in [1.82, 2.24) is 10.6 Å². The van der Waals surface area contributed by atoms with Crippen LogP contribution < -0.4 is 10.6 Å². The fraction of sp³-hybridized carbons (Fsp3) is 0.545. The zero-order chi connectivity index (χ0) is 11.1. The highest BCUT2D eigenvalue weighted by molar-refractivity contribution is 7.07. The summed E-state index contributed by atoms with van der Waals surface area (Å²) in [6.45, 7) is 2.73. The summed E-state index contributed by atoms with van der Waals surface area (Å²) < 4.78 is 0. The molecule has 0 saturated heterocycles. The molecule has 2 N–H and O–H groups in total. The molecule has 4 heteroatoms. The lowest BCUT2D eigenvalue weighted by atomic mass is 10.2. The van der Waals surface area contributed by atoms with Crippen LogP contribution in [0.15, 0.2) is 16.8 Å². The first-order valence-electron chi connectivity index (χ1n) is 5.17. The van der Waals surface area contributed by atoms with Crippen LogP contribution in [0.25, 0.3) is 0 Å². The van der Waals surface area contributed by atoms with E-state index in [0.717, 1.165) is 6.42 Å². The Labute approximate surface area is 94.9 Å². The molecule has 1 aromatic heterocycles. The van der Waals surface area contributed by atoms with Gasteiger partial charge in [-0.15, -0.1) is 0 Å². The van der Waals surface area contributed by atoms with Gasteiger partial charge in [0.1, 0.15) is 0 Å². The highest BCUT2D eigenvalue weighted by Crippen LogP contribution is 2.07. The van der Waals surface area contributed by atoms with Gasteiger partial charge in [-0.05, 0) is 42.8 Å². The molecule has 0 radical (unpaired) electrons. The molecule has 0 aromatic carbocycles. The van der Waals surface area contributed by atoms with E-state index in [1.54, 1.807) is 11.3 Å². The van der Waals surface area contributed by atoms with Gasteiger partial charge in [0.25, 0.3) is 0 Å². The lowest BCUT2D eigenvalue weighted by Gasteiger charge is -2.10. The largest absolute Gasteiger partial charge is 0.355 e. The number of carbonyl (C=O) groups is 1. The van der Waals surface area contributed by atoms with Crippen molar-refractivity contribution in [2.75, 3.05) is 13.6 Å². The van der Waals surface area contributed by atoms with Crippen LogP contribution >= 0.6 is 11.3 Å². The van der Waals surface area contributed by atoms with Crippen molar-refractivity contribution in [3.05, 3.63) is 22.4 Å². The van der Waals surface area contributed by atoms with Gasteiger partial charge in [0.15, 0.2) is 0 Å². The fourth-order valence-electron chi connectivity index (χ4n) is 1.15. The van der Waals surface area contributed by atoms with Crippen molar-refractivity contribution in [1.29, 1.82) is 0 Å². The molecule has 3 nitrogen and oxygen atoms in total. The summed E-state index contributed by atoms with van der Waals surface area (Å²) in [6.07, 6.45) is 1.41. The van der Waals surface area contributed by atoms with Crippen LogP contribution in [-0.2, 0) is 11.2 Å². The zero-order valence-electron chi connectivity index (χ0n) is 9.25. The highest BCUT2D eigenvalue weighted by Gasteiger charge is 2.04. The predicted octanol–water partition coefficient (Wildman–Crippen LogP) is 1.40. The van der Waals surface area contributed by atoms with Crippen LogP contribution in [0, 0.1) is 0 Å². The Morgan fingerprint density at radius 3 is 3.00 bits per heavy atom. The lowest BCUT2D eigenvalue weighted by molar-refractivity contribution is -0.121. The standard InChI is InChI=1S/C11H18N2OS/c1-9(12-2)7-13-11(14)4-3-10-5-6-15-8-10/h5-6,8-9,12H,3-4,7H2,1-2H3,(H,13,14). The first kappa shape index (κ1) is 12.2. The Kier molecular flexibility index (Phi) is 5.36. The molecular weight excluding hydrogens is 208 g/mol. The Morgan fingerprint density at radius 1 is 1.60 bits per heavy atom. The number of rotatable bonds is 6. The monoisotopic (exact) mass is 226 g/mol. The summed E-state index contributed by atoms with van der Waals surface area (Å²) in [6, 6.07) is 2.39. The molecule has 1 heterocycles. The summed E-state index contributed by atoms with van der Waals surface area (Å²) in [5.41, 5.74) is 1.25. The summed E-state index contributed by atoms with van der Waals surface area (Å²) in [4.78, 5) is 11.4. The molecule has 0 aliphatic rings. The topological polar surface area (TPSA) is 41.1 Å². The molecule has 84 valence electrons. The van der Waals surface area contributed by atoms with Gasteiger partial charge in [-0.1, -0.05) is 0 Å². The molecule has 0 bridgehead atoms. The van der Waals surface area contributed by atoms with Crippen molar-refractivity contribution in [3.8, 4) is 0 Å². The second-order valence-electron chi connectivity index (χ2n) is 3.63. The summed E-state index contributed by atoms with van der Waals surface area (Å²) in [5.74, 6) is 0.128. The molecule has 1 aromatic rings. The van der Waals surface area contributed by atoms with E-state index in [2.05, 4.69) is 22.1 Å². The average molecular weight is 226 g/mol. The molecule has 1 amide bonds. The van der Waals surface area contributed by atoms with Crippen LogP contribution in [0.4, 0.5) is 0 Å². The van der Waals surface area contributed by atoms with E-state index in [9.17, 15) is 4.79 Å². The third kappa shape index (κ3) is 4.95. The van der Waals surface area contributed by atoms with Crippen LogP contribution in [0.1, 0.15) is 18.9 Å². The van der Waals surface area contributed by atoms with Gasteiger partial charge < -0.3 is 10.6 Å². The predicted molar refractivity (Wildman–Crippen MR) is 64.2 cm³/mol. The second kappa shape index (κ2) is 6.58. The normalized spacial score (nSPS) is 12.4. The van der Waals surface area contributed by atoms with E-state index < -0.39 is 0 Å². The summed E-state index contributed by atoms with van der Waals surface area (Å²) in [5, 5.41) is 10.1. The maximum absolute atomic E-state index is 11.4. The Hall–Kier alpha value is -0.870. The second-order valence-corrected chi connectivity index (χ2v) is 4.41. The van der Waals surface area contributed by atoms with Crippen molar-refractivity contribution in [2.24, 2.45) is 0 Å². The molecule has 0 spiro atoms. The molecule has 0 fully saturated rings. The lowest BCUT2D eigenvalue weighted by Crippen LogP contribution is -2.37. The maximum atomic E-state index is 11.4. The Balaban J connectivity index is 2.14. The molecule has 0 aliphatic heterocycles. The van der Waals surface area contributed by atoms with E-state index in [4.69, 9.17) is 0 Å². The quantitative estimate of drug-likeness (QED) is 0.770. The zero-order valence-corrected chi connectivity index (χ0v) is 10.1. The van der Waals surface area contributed by atoms with E-state index in [0.29, 0.717) is 19.0 Å². The van der Waals surface area contributed by atoms with Crippen molar-refractivity contribution in [3.63, 3.8) is 0 Å². The fourth-order valence-corrected chi connectivity index (χ4v) is 1.85. The smallest absolute Gasteiger partial charge is 0.220 e. The minimum absolute atomic E-state index is 0.128. The van der Waals surface area contributed by atoms with Gasteiger partial charge in [-0.2, -0.15) is 11.3 Å². The number of aryl methyl sites for hydroxylation is 1. The van der Waals surface area contributed by atoms with Gasteiger partial charge in [-0.25, -0.2) is 0 Å². The van der Waals surface area contributed by atoms with E-state index in [1.165, 1.54) is 5.56 Å². The molecule has 0 saturated carbocycles.